The van der Waals surface area contributed by atoms with E-state index < -0.39 is 11.6 Å². The minimum Gasteiger partial charge on any atom is -0.479 e. The molecular weight excluding hydrogens is 406 g/mol. The van der Waals surface area contributed by atoms with Gasteiger partial charge in [-0.15, -0.1) is 0 Å². The predicted molar refractivity (Wildman–Crippen MR) is 120 cm³/mol. The molecule has 1 saturated heterocycles. The van der Waals surface area contributed by atoms with E-state index in [9.17, 15) is 15.0 Å². The molecule has 6 heteroatoms. The number of rotatable bonds is 7. The number of aryl methyl sites for hydroxylation is 1. The second kappa shape index (κ2) is 8.41. The number of aliphatic hydroxyl groups is 1. The van der Waals surface area contributed by atoms with Gasteiger partial charge >= 0.3 is 5.97 Å². The molecule has 2 aromatic carbocycles. The van der Waals surface area contributed by atoms with Crippen molar-refractivity contribution in [1.29, 1.82) is 0 Å². The second-order valence-electron chi connectivity index (χ2n) is 9.56. The molecule has 3 N–H and O–H groups in total. The largest absolute Gasteiger partial charge is 0.479 e. The van der Waals surface area contributed by atoms with Crippen LogP contribution in [-0.2, 0) is 16.8 Å². The van der Waals surface area contributed by atoms with E-state index in [0.29, 0.717) is 5.56 Å². The van der Waals surface area contributed by atoms with Crippen molar-refractivity contribution in [2.45, 2.75) is 44.1 Å². The third kappa shape index (κ3) is 3.55. The zero-order valence-electron chi connectivity index (χ0n) is 18.3. The van der Waals surface area contributed by atoms with Crippen LogP contribution in [0.2, 0.25) is 0 Å². The monoisotopic (exact) mass is 437 g/mol. The number of fused-ring (bicyclic) bond motifs is 1. The average Bonchev–Trinajstić information content (AvgIpc) is 3.58. The average molecular weight is 438 g/mol. The van der Waals surface area contributed by atoms with E-state index in [1.54, 1.807) is 24.3 Å². The van der Waals surface area contributed by atoms with Gasteiger partial charge in [-0.2, -0.15) is 0 Å². The van der Waals surface area contributed by atoms with Crippen LogP contribution >= 0.6 is 0 Å². The Morgan fingerprint density at radius 1 is 1.12 bits per heavy atom. The molecule has 2 fully saturated rings. The van der Waals surface area contributed by atoms with Crippen molar-refractivity contribution in [1.82, 2.24) is 5.32 Å². The van der Waals surface area contributed by atoms with Crippen molar-refractivity contribution in [3.63, 3.8) is 0 Å². The minimum absolute atomic E-state index is 0.0320. The summed E-state index contributed by atoms with van der Waals surface area (Å²) >= 11 is 0. The van der Waals surface area contributed by atoms with Gasteiger partial charge in [0.1, 0.15) is 0 Å². The van der Waals surface area contributed by atoms with E-state index >= 15 is 0 Å². The standard InChI is InChI=1S/C26H31NO5/c28-24(29)26(30,19-5-2-1-3-6-19)21-8-4-7-20(21)25(13-14-27-16-25)12-11-18-9-10-22-23(15-18)32-17-31-22/h1-3,5-6,9-10,15,20-21,27,30H,4,7-8,11-14,16-17H2,(H,28,29)/t20?,21?,25-,26?/m1/s1. The number of carboxylic acids is 1. The lowest BCUT2D eigenvalue weighted by atomic mass is 9.62. The SMILES string of the molecule is O=C(O)C(O)(c1ccccc1)C1CCCC1[C@]1(CCc2ccc3c(c2)OCO3)CCNC1. The van der Waals surface area contributed by atoms with Crippen LogP contribution in [0.4, 0.5) is 0 Å². The van der Waals surface area contributed by atoms with Crippen molar-refractivity contribution < 1.29 is 24.5 Å². The zero-order chi connectivity index (χ0) is 22.2. The molecule has 0 aromatic heterocycles. The fourth-order valence-electron chi connectivity index (χ4n) is 6.35. The number of aliphatic carboxylic acids is 1. The molecule has 0 amide bonds. The molecule has 1 saturated carbocycles. The molecule has 0 radical (unpaired) electrons. The summed E-state index contributed by atoms with van der Waals surface area (Å²) in [6.45, 7) is 2.06. The van der Waals surface area contributed by atoms with Crippen LogP contribution in [0.3, 0.4) is 0 Å². The summed E-state index contributed by atoms with van der Waals surface area (Å²) in [7, 11) is 0. The Morgan fingerprint density at radius 2 is 1.94 bits per heavy atom. The molecule has 3 aliphatic rings. The van der Waals surface area contributed by atoms with Gasteiger partial charge in [0.15, 0.2) is 17.1 Å². The first-order valence-electron chi connectivity index (χ1n) is 11.6. The van der Waals surface area contributed by atoms with Crippen molar-refractivity contribution in [3.05, 3.63) is 59.7 Å². The fourth-order valence-corrected chi connectivity index (χ4v) is 6.35. The number of ether oxygens (including phenoxy) is 2. The van der Waals surface area contributed by atoms with Gasteiger partial charge < -0.3 is 25.0 Å². The van der Waals surface area contributed by atoms with E-state index in [4.69, 9.17) is 9.47 Å². The zero-order valence-corrected chi connectivity index (χ0v) is 18.3. The molecule has 2 aromatic rings. The summed E-state index contributed by atoms with van der Waals surface area (Å²) in [4.78, 5) is 12.5. The molecule has 4 atom stereocenters. The lowest BCUT2D eigenvalue weighted by Crippen LogP contribution is -2.49. The first-order chi connectivity index (χ1) is 15.5. The highest BCUT2D eigenvalue weighted by Gasteiger charge is 2.56. The van der Waals surface area contributed by atoms with Gasteiger partial charge in [-0.3, -0.25) is 0 Å². The highest BCUT2D eigenvalue weighted by molar-refractivity contribution is 5.79. The van der Waals surface area contributed by atoms with Crippen LogP contribution in [0.1, 0.15) is 43.2 Å². The number of nitrogens with one attached hydrogen (secondary N) is 1. The molecule has 5 rings (SSSR count). The van der Waals surface area contributed by atoms with Gasteiger partial charge in [0.25, 0.3) is 0 Å². The van der Waals surface area contributed by atoms with Crippen LogP contribution in [0.5, 0.6) is 11.5 Å². The molecule has 3 unspecified atom stereocenters. The molecular formula is C26H31NO5. The summed E-state index contributed by atoms with van der Waals surface area (Å²) < 4.78 is 11.0. The van der Waals surface area contributed by atoms with Crippen LogP contribution in [0, 0.1) is 17.3 Å². The maximum atomic E-state index is 12.5. The lowest BCUT2D eigenvalue weighted by molar-refractivity contribution is -0.171. The van der Waals surface area contributed by atoms with Crippen LogP contribution in [0.25, 0.3) is 0 Å². The molecule has 0 spiro atoms. The van der Waals surface area contributed by atoms with E-state index in [1.807, 2.05) is 12.1 Å². The number of benzene rings is 2. The Bertz CT molecular complexity index is 971. The fraction of sp³-hybridized carbons (Fsp3) is 0.500. The Kier molecular flexibility index (Phi) is 5.59. The van der Waals surface area contributed by atoms with E-state index in [1.165, 1.54) is 5.56 Å². The molecule has 0 bridgehead atoms. The summed E-state index contributed by atoms with van der Waals surface area (Å²) in [6.07, 6.45) is 5.47. The van der Waals surface area contributed by atoms with Crippen molar-refractivity contribution in [2.75, 3.05) is 19.9 Å². The summed E-state index contributed by atoms with van der Waals surface area (Å²) in [5, 5.41) is 25.4. The first-order valence-corrected chi connectivity index (χ1v) is 11.6. The summed E-state index contributed by atoms with van der Waals surface area (Å²) in [6, 6.07) is 15.1. The number of carboxylic acid groups (broad SMARTS) is 1. The predicted octanol–water partition coefficient (Wildman–Crippen LogP) is 3.72. The Morgan fingerprint density at radius 3 is 2.69 bits per heavy atom. The highest BCUT2D eigenvalue weighted by Crippen LogP contribution is 2.55. The number of hydrogen-bond donors (Lipinski definition) is 3. The van der Waals surface area contributed by atoms with Gasteiger partial charge in [0, 0.05) is 12.5 Å². The van der Waals surface area contributed by atoms with E-state index in [0.717, 1.165) is 63.1 Å². The first kappa shape index (κ1) is 21.3. The second-order valence-corrected chi connectivity index (χ2v) is 9.56. The van der Waals surface area contributed by atoms with Crippen molar-refractivity contribution >= 4 is 5.97 Å². The van der Waals surface area contributed by atoms with Gasteiger partial charge in [-0.25, -0.2) is 4.79 Å². The number of carbonyl (C=O) groups is 1. The van der Waals surface area contributed by atoms with Crippen LogP contribution < -0.4 is 14.8 Å². The van der Waals surface area contributed by atoms with Gasteiger partial charge in [-0.05, 0) is 73.2 Å². The van der Waals surface area contributed by atoms with Gasteiger partial charge in [0.2, 0.25) is 6.79 Å². The normalized spacial score (nSPS) is 28.5. The van der Waals surface area contributed by atoms with Crippen molar-refractivity contribution in [2.24, 2.45) is 17.3 Å². The van der Waals surface area contributed by atoms with E-state index in [2.05, 4.69) is 17.4 Å². The quantitative estimate of drug-likeness (QED) is 0.612. The maximum absolute atomic E-state index is 12.5. The molecule has 2 aliphatic heterocycles. The summed E-state index contributed by atoms with van der Waals surface area (Å²) in [5.74, 6) is 0.282. The third-order valence-corrected chi connectivity index (χ3v) is 8.00. The smallest absolute Gasteiger partial charge is 0.340 e. The van der Waals surface area contributed by atoms with Crippen molar-refractivity contribution in [3.8, 4) is 11.5 Å². The van der Waals surface area contributed by atoms with Gasteiger partial charge in [0.05, 0.1) is 0 Å². The maximum Gasteiger partial charge on any atom is 0.340 e. The third-order valence-electron chi connectivity index (χ3n) is 8.00. The Labute approximate surface area is 188 Å². The number of hydrogen-bond acceptors (Lipinski definition) is 5. The Hall–Kier alpha value is -2.57. The Balaban J connectivity index is 1.42. The summed E-state index contributed by atoms with van der Waals surface area (Å²) in [5.41, 5.74) is -0.208. The molecule has 32 heavy (non-hydrogen) atoms. The van der Waals surface area contributed by atoms with Crippen LogP contribution in [0.15, 0.2) is 48.5 Å². The lowest BCUT2D eigenvalue weighted by Gasteiger charge is -2.43. The molecule has 2 heterocycles. The topological polar surface area (TPSA) is 88.0 Å². The molecule has 170 valence electrons. The van der Waals surface area contributed by atoms with Gasteiger partial charge in [-0.1, -0.05) is 42.8 Å². The van der Waals surface area contributed by atoms with Crippen LogP contribution in [-0.4, -0.2) is 36.1 Å². The highest BCUT2D eigenvalue weighted by atomic mass is 16.7. The van der Waals surface area contributed by atoms with E-state index in [-0.39, 0.29) is 24.0 Å². The minimum atomic E-state index is -1.86. The molecule has 6 nitrogen and oxygen atoms in total. The molecule has 1 aliphatic carbocycles.